The van der Waals surface area contributed by atoms with Gasteiger partial charge >= 0.3 is 0 Å². The predicted molar refractivity (Wildman–Crippen MR) is 133 cm³/mol. The number of alkyl halides is 1. The summed E-state index contributed by atoms with van der Waals surface area (Å²) in [5.74, 6) is 0. The first-order valence-electron chi connectivity index (χ1n) is 12.8. The van der Waals surface area contributed by atoms with Crippen molar-refractivity contribution < 1.29 is 5.11 Å². The lowest BCUT2D eigenvalue weighted by atomic mass is 9.99. The van der Waals surface area contributed by atoms with Gasteiger partial charge in [-0.25, -0.2) is 0 Å². The Morgan fingerprint density at radius 3 is 1.79 bits per heavy atom. The van der Waals surface area contributed by atoms with Gasteiger partial charge in [0.15, 0.2) is 0 Å². The third-order valence-corrected chi connectivity index (χ3v) is 7.88. The Bertz CT molecular complexity index is 324. The largest absolute Gasteiger partial charge is 0.396 e. The second kappa shape index (κ2) is 19.6. The molecule has 0 aromatic carbocycles. The van der Waals surface area contributed by atoms with Crippen molar-refractivity contribution >= 4 is 22.6 Å². The highest BCUT2D eigenvalue weighted by Gasteiger charge is 2.26. The third-order valence-electron chi connectivity index (χ3n) is 6.54. The van der Waals surface area contributed by atoms with Crippen LogP contribution in [0, 0.1) is 0 Å². The standard InChI is InChI=1S/C25H50INO/c1-2-3-4-5-6-7-8-9-10-11-12-13-14-15-16-20-25(26)27-22-18-17-19-24(27)21-23-28/h24-25,28H,2-23H2,1H3. The Morgan fingerprint density at radius 1 is 0.786 bits per heavy atom. The van der Waals surface area contributed by atoms with Crippen LogP contribution in [0.3, 0.4) is 0 Å². The smallest absolute Gasteiger partial charge is 0.0621 e. The molecule has 28 heavy (non-hydrogen) atoms. The Balaban J connectivity index is 1.86. The lowest BCUT2D eigenvalue weighted by Crippen LogP contribution is -2.44. The summed E-state index contributed by atoms with van der Waals surface area (Å²) in [6.07, 6.45) is 27.9. The summed E-state index contributed by atoms with van der Waals surface area (Å²) in [6.45, 7) is 3.89. The maximum atomic E-state index is 9.31. The van der Waals surface area contributed by atoms with Crippen LogP contribution >= 0.6 is 22.6 Å². The molecule has 2 unspecified atom stereocenters. The van der Waals surface area contributed by atoms with Gasteiger partial charge in [0.25, 0.3) is 0 Å². The van der Waals surface area contributed by atoms with E-state index in [1.54, 1.807) is 0 Å². The van der Waals surface area contributed by atoms with Gasteiger partial charge in [-0.05, 0) is 32.2 Å². The van der Waals surface area contributed by atoms with Gasteiger partial charge in [-0.3, -0.25) is 4.90 Å². The van der Waals surface area contributed by atoms with E-state index in [1.165, 1.54) is 129 Å². The molecule has 0 radical (unpaired) electrons. The molecule has 1 aliphatic rings. The summed E-state index contributed by atoms with van der Waals surface area (Å²) in [7, 11) is 0. The van der Waals surface area contributed by atoms with E-state index >= 15 is 0 Å². The Labute approximate surface area is 190 Å². The van der Waals surface area contributed by atoms with Crippen LogP contribution in [0.15, 0.2) is 0 Å². The van der Waals surface area contributed by atoms with Crippen LogP contribution in [0.1, 0.15) is 135 Å². The number of hydrogen-bond acceptors (Lipinski definition) is 2. The van der Waals surface area contributed by atoms with Crippen molar-refractivity contribution in [1.82, 2.24) is 4.90 Å². The molecular weight excluding hydrogens is 457 g/mol. The van der Waals surface area contributed by atoms with Crippen LogP contribution in [0.5, 0.6) is 0 Å². The van der Waals surface area contributed by atoms with E-state index in [0.29, 0.717) is 16.7 Å². The predicted octanol–water partition coefficient (Wildman–Crippen LogP) is 8.25. The van der Waals surface area contributed by atoms with E-state index in [0.717, 1.165) is 6.42 Å². The van der Waals surface area contributed by atoms with Crippen LogP contribution in [0.2, 0.25) is 0 Å². The minimum atomic E-state index is 0.351. The van der Waals surface area contributed by atoms with Crippen molar-refractivity contribution in [2.45, 2.75) is 145 Å². The number of aliphatic hydroxyl groups excluding tert-OH is 1. The van der Waals surface area contributed by atoms with Gasteiger partial charge in [-0.1, -0.05) is 132 Å². The summed E-state index contributed by atoms with van der Waals surface area (Å²) >= 11 is 2.66. The summed E-state index contributed by atoms with van der Waals surface area (Å²) < 4.78 is 0.677. The summed E-state index contributed by atoms with van der Waals surface area (Å²) in [4.78, 5) is 2.68. The quantitative estimate of drug-likeness (QED) is 0.0824. The van der Waals surface area contributed by atoms with Crippen LogP contribution in [0.4, 0.5) is 0 Å². The molecule has 3 heteroatoms. The van der Waals surface area contributed by atoms with Gasteiger partial charge in [0, 0.05) is 12.6 Å². The van der Waals surface area contributed by atoms with Crippen molar-refractivity contribution in [3.63, 3.8) is 0 Å². The maximum Gasteiger partial charge on any atom is 0.0621 e. The Hall–Kier alpha value is 0.650. The average molecular weight is 508 g/mol. The first kappa shape index (κ1) is 26.7. The van der Waals surface area contributed by atoms with E-state index in [-0.39, 0.29) is 0 Å². The van der Waals surface area contributed by atoms with Gasteiger partial charge < -0.3 is 5.11 Å². The second-order valence-corrected chi connectivity index (χ2v) is 10.5. The number of likely N-dealkylation sites (tertiary alicyclic amines) is 1. The minimum absolute atomic E-state index is 0.351. The highest BCUT2D eigenvalue weighted by Crippen LogP contribution is 2.27. The number of piperidine rings is 1. The molecule has 2 nitrogen and oxygen atoms in total. The normalized spacial score (nSPS) is 19.2. The highest BCUT2D eigenvalue weighted by molar-refractivity contribution is 14.1. The zero-order valence-corrected chi connectivity index (χ0v) is 21.1. The maximum absolute atomic E-state index is 9.31. The van der Waals surface area contributed by atoms with E-state index in [9.17, 15) is 5.11 Å². The first-order chi connectivity index (χ1) is 13.8. The molecule has 0 aromatic heterocycles. The molecular formula is C25H50INO. The monoisotopic (exact) mass is 507 g/mol. The molecule has 1 heterocycles. The molecule has 0 amide bonds. The Kier molecular flexibility index (Phi) is 18.7. The topological polar surface area (TPSA) is 23.5 Å². The summed E-state index contributed by atoms with van der Waals surface area (Å²) in [6, 6.07) is 0.636. The van der Waals surface area contributed by atoms with Crippen LogP contribution in [-0.4, -0.2) is 33.2 Å². The van der Waals surface area contributed by atoms with Crippen molar-refractivity contribution in [3.05, 3.63) is 0 Å². The van der Waals surface area contributed by atoms with E-state index in [1.807, 2.05) is 0 Å². The lowest BCUT2D eigenvalue weighted by molar-refractivity contribution is 0.110. The van der Waals surface area contributed by atoms with E-state index in [2.05, 4.69) is 34.4 Å². The molecule has 0 spiro atoms. The molecule has 1 aliphatic heterocycles. The van der Waals surface area contributed by atoms with Gasteiger partial charge in [0.2, 0.25) is 0 Å². The SMILES string of the molecule is CCCCCCCCCCCCCCCCCC(I)N1CCCCC1CCO. The number of nitrogens with zero attached hydrogens (tertiary/aromatic N) is 1. The van der Waals surface area contributed by atoms with Crippen LogP contribution in [-0.2, 0) is 0 Å². The highest BCUT2D eigenvalue weighted by atomic mass is 127. The lowest BCUT2D eigenvalue weighted by Gasteiger charge is -2.39. The fourth-order valence-electron chi connectivity index (χ4n) is 4.70. The zero-order chi connectivity index (χ0) is 20.3. The van der Waals surface area contributed by atoms with Gasteiger partial charge in [0.05, 0.1) is 4.05 Å². The van der Waals surface area contributed by atoms with Gasteiger partial charge in [-0.15, -0.1) is 0 Å². The van der Waals surface area contributed by atoms with Gasteiger partial charge in [-0.2, -0.15) is 0 Å². The van der Waals surface area contributed by atoms with E-state index in [4.69, 9.17) is 0 Å². The van der Waals surface area contributed by atoms with Crippen molar-refractivity contribution in [2.75, 3.05) is 13.2 Å². The summed E-state index contributed by atoms with van der Waals surface area (Å²) in [5, 5.41) is 9.31. The molecule has 1 fully saturated rings. The molecule has 0 saturated carbocycles. The molecule has 1 rings (SSSR count). The fraction of sp³-hybridized carbons (Fsp3) is 1.00. The van der Waals surface area contributed by atoms with Crippen molar-refractivity contribution in [3.8, 4) is 0 Å². The van der Waals surface area contributed by atoms with Crippen LogP contribution in [0.25, 0.3) is 0 Å². The molecule has 168 valence electrons. The number of halogens is 1. The van der Waals surface area contributed by atoms with Gasteiger partial charge in [0.1, 0.15) is 0 Å². The first-order valence-corrected chi connectivity index (χ1v) is 14.0. The second-order valence-electron chi connectivity index (χ2n) is 9.07. The molecule has 2 atom stereocenters. The third kappa shape index (κ3) is 13.8. The average Bonchev–Trinajstić information content (AvgIpc) is 2.71. The molecule has 1 N–H and O–H groups in total. The molecule has 0 aliphatic carbocycles. The number of unbranched alkanes of at least 4 members (excludes halogenated alkanes) is 14. The number of aliphatic hydroxyl groups is 1. The molecule has 1 saturated heterocycles. The number of hydrogen-bond donors (Lipinski definition) is 1. The van der Waals surface area contributed by atoms with Crippen LogP contribution < -0.4 is 0 Å². The zero-order valence-electron chi connectivity index (χ0n) is 19.0. The molecule has 0 bridgehead atoms. The Morgan fingerprint density at radius 2 is 1.29 bits per heavy atom. The van der Waals surface area contributed by atoms with Crippen molar-refractivity contribution in [2.24, 2.45) is 0 Å². The molecule has 0 aromatic rings. The van der Waals surface area contributed by atoms with Crippen molar-refractivity contribution in [1.29, 1.82) is 0 Å². The van der Waals surface area contributed by atoms with E-state index < -0.39 is 0 Å². The number of rotatable bonds is 19. The fourth-order valence-corrected chi connectivity index (χ4v) is 5.87. The summed E-state index contributed by atoms with van der Waals surface area (Å²) in [5.41, 5.74) is 0. The minimum Gasteiger partial charge on any atom is -0.396 e.